The number of dihydropyridines is 1. The highest BCUT2D eigenvalue weighted by atomic mass is 32.1. The number of rotatable bonds is 8. The number of hydrogen-bond acceptors (Lipinski definition) is 8. The first-order chi connectivity index (χ1) is 17.0. The maximum Gasteiger partial charge on any atom is 0.336 e. The first kappa shape index (κ1) is 24.9. The Morgan fingerprint density at radius 1 is 1.11 bits per heavy atom. The Labute approximate surface area is 209 Å². The van der Waals surface area contributed by atoms with E-state index in [0.29, 0.717) is 29.7 Å². The van der Waals surface area contributed by atoms with Gasteiger partial charge in [0.05, 0.1) is 30.4 Å². The van der Waals surface area contributed by atoms with Crippen LogP contribution in [0.4, 0.5) is 0 Å². The van der Waals surface area contributed by atoms with Gasteiger partial charge in [-0.05, 0) is 50.3 Å². The number of pyridine rings is 1. The fourth-order valence-electron chi connectivity index (χ4n) is 4.96. The van der Waals surface area contributed by atoms with Crippen molar-refractivity contribution in [3.05, 3.63) is 75.0 Å². The summed E-state index contributed by atoms with van der Waals surface area (Å²) >= 11 is 1.52. The second-order valence-electron chi connectivity index (χ2n) is 8.49. The van der Waals surface area contributed by atoms with Crippen molar-refractivity contribution in [1.82, 2.24) is 10.3 Å². The molecule has 8 heteroatoms. The fraction of sp³-hybridized carbons (Fsp3) is 0.407. The average Bonchev–Trinajstić information content (AvgIpc) is 3.39. The molecule has 3 unspecified atom stereocenters. The van der Waals surface area contributed by atoms with Crippen LogP contribution in [0.1, 0.15) is 62.4 Å². The van der Waals surface area contributed by atoms with Crippen LogP contribution in [-0.2, 0) is 23.9 Å². The molecule has 2 aliphatic rings. The van der Waals surface area contributed by atoms with E-state index < -0.39 is 23.8 Å². The van der Waals surface area contributed by atoms with E-state index in [0.717, 1.165) is 22.7 Å². The third-order valence-corrected chi connectivity index (χ3v) is 7.34. The number of carbonyl (C=O) groups is 3. The lowest BCUT2D eigenvalue weighted by Gasteiger charge is -2.39. The van der Waals surface area contributed by atoms with Crippen LogP contribution < -0.4 is 5.32 Å². The van der Waals surface area contributed by atoms with Crippen molar-refractivity contribution in [2.24, 2.45) is 5.92 Å². The van der Waals surface area contributed by atoms with Crippen LogP contribution in [-0.4, -0.2) is 35.9 Å². The fourth-order valence-corrected chi connectivity index (χ4v) is 5.83. The van der Waals surface area contributed by atoms with Crippen molar-refractivity contribution in [2.45, 2.75) is 51.9 Å². The SMILES string of the molecule is CCCC1=C(C(=O)OCC)C(c2ccccn2)C2=C(CC(c3cccs3)C(C(=O)OCC)C2=O)N1. The van der Waals surface area contributed by atoms with Crippen LogP contribution >= 0.6 is 11.3 Å². The van der Waals surface area contributed by atoms with Gasteiger partial charge in [0, 0.05) is 34.0 Å². The van der Waals surface area contributed by atoms with Gasteiger partial charge in [0.15, 0.2) is 5.78 Å². The number of carbonyl (C=O) groups excluding carboxylic acids is 3. The number of Topliss-reactive ketones (excluding diaryl/α,β-unsaturated/α-hetero) is 1. The van der Waals surface area contributed by atoms with E-state index in [-0.39, 0.29) is 24.9 Å². The summed E-state index contributed by atoms with van der Waals surface area (Å²) < 4.78 is 10.8. The van der Waals surface area contributed by atoms with Gasteiger partial charge in [-0.2, -0.15) is 0 Å². The molecule has 0 fully saturated rings. The topological polar surface area (TPSA) is 94.6 Å². The van der Waals surface area contributed by atoms with Gasteiger partial charge in [-0.1, -0.05) is 25.5 Å². The Morgan fingerprint density at radius 2 is 1.91 bits per heavy atom. The number of nitrogens with one attached hydrogen (secondary N) is 1. The molecule has 2 aromatic heterocycles. The van der Waals surface area contributed by atoms with E-state index in [1.54, 1.807) is 32.2 Å². The zero-order valence-corrected chi connectivity index (χ0v) is 21.0. The van der Waals surface area contributed by atoms with Gasteiger partial charge in [-0.3, -0.25) is 14.6 Å². The molecule has 1 N–H and O–H groups in total. The average molecular weight is 495 g/mol. The minimum atomic E-state index is -0.989. The Balaban J connectivity index is 1.90. The normalized spacial score (nSPS) is 21.9. The first-order valence-electron chi connectivity index (χ1n) is 12.1. The van der Waals surface area contributed by atoms with Gasteiger partial charge >= 0.3 is 11.9 Å². The van der Waals surface area contributed by atoms with Crippen molar-refractivity contribution < 1.29 is 23.9 Å². The molecule has 0 aromatic carbocycles. The Morgan fingerprint density at radius 3 is 2.54 bits per heavy atom. The van der Waals surface area contributed by atoms with Gasteiger partial charge in [0.2, 0.25) is 0 Å². The van der Waals surface area contributed by atoms with Gasteiger partial charge < -0.3 is 14.8 Å². The first-order valence-corrected chi connectivity index (χ1v) is 12.9. The van der Waals surface area contributed by atoms with Crippen molar-refractivity contribution in [3.8, 4) is 0 Å². The molecule has 1 aliphatic carbocycles. The second-order valence-corrected chi connectivity index (χ2v) is 9.47. The monoisotopic (exact) mass is 494 g/mol. The maximum absolute atomic E-state index is 14.2. The lowest BCUT2D eigenvalue weighted by atomic mass is 9.68. The third-order valence-electron chi connectivity index (χ3n) is 6.33. The molecule has 0 bridgehead atoms. The lowest BCUT2D eigenvalue weighted by Crippen LogP contribution is -2.43. The predicted octanol–water partition coefficient (Wildman–Crippen LogP) is 4.64. The van der Waals surface area contributed by atoms with E-state index in [1.165, 1.54) is 11.3 Å². The molecular formula is C27H30N2O5S. The van der Waals surface area contributed by atoms with E-state index in [1.807, 2.05) is 30.5 Å². The van der Waals surface area contributed by atoms with Crippen molar-refractivity contribution in [2.75, 3.05) is 13.2 Å². The zero-order chi connectivity index (χ0) is 24.9. The van der Waals surface area contributed by atoms with E-state index in [9.17, 15) is 14.4 Å². The molecule has 7 nitrogen and oxygen atoms in total. The number of esters is 2. The molecular weight excluding hydrogens is 464 g/mol. The Bertz CT molecular complexity index is 1150. The molecule has 0 saturated heterocycles. The summed E-state index contributed by atoms with van der Waals surface area (Å²) in [5, 5.41) is 5.36. The summed E-state index contributed by atoms with van der Waals surface area (Å²) in [7, 11) is 0. The maximum atomic E-state index is 14.2. The molecule has 35 heavy (non-hydrogen) atoms. The molecule has 0 amide bonds. The summed E-state index contributed by atoms with van der Waals surface area (Å²) in [4.78, 5) is 46.0. The van der Waals surface area contributed by atoms with Crippen molar-refractivity contribution >= 4 is 29.1 Å². The minimum Gasteiger partial charge on any atom is -0.465 e. The van der Waals surface area contributed by atoms with E-state index >= 15 is 0 Å². The standard InChI is InChI=1S/C27H30N2O5S/c1-4-10-18-24(27(32)34-6-3)22(17-11-7-8-13-28-17)23-19(29-18)15-16(20-12-9-14-35-20)21(25(23)30)26(31)33-5-2/h7-9,11-14,16,21-22,29H,4-6,10,15H2,1-3H3. The second kappa shape index (κ2) is 11.0. The van der Waals surface area contributed by atoms with Gasteiger partial charge in [-0.25, -0.2) is 4.79 Å². The highest BCUT2D eigenvalue weighted by Crippen LogP contribution is 2.48. The Hall–Kier alpha value is -3.26. The molecule has 0 saturated carbocycles. The van der Waals surface area contributed by atoms with Crippen LogP contribution in [0.25, 0.3) is 0 Å². The van der Waals surface area contributed by atoms with Crippen LogP contribution in [0.2, 0.25) is 0 Å². The smallest absolute Gasteiger partial charge is 0.336 e. The Kier molecular flexibility index (Phi) is 7.80. The van der Waals surface area contributed by atoms with Crippen LogP contribution in [0.5, 0.6) is 0 Å². The van der Waals surface area contributed by atoms with Crippen molar-refractivity contribution in [1.29, 1.82) is 0 Å². The van der Waals surface area contributed by atoms with E-state index in [4.69, 9.17) is 9.47 Å². The number of ether oxygens (including phenoxy) is 2. The molecule has 184 valence electrons. The summed E-state index contributed by atoms with van der Waals surface area (Å²) in [6.45, 7) is 5.91. The van der Waals surface area contributed by atoms with Gasteiger partial charge in [0.1, 0.15) is 5.92 Å². The molecule has 1 aliphatic heterocycles. The van der Waals surface area contributed by atoms with E-state index in [2.05, 4.69) is 10.3 Å². The van der Waals surface area contributed by atoms with Gasteiger partial charge in [0.25, 0.3) is 0 Å². The minimum absolute atomic E-state index is 0.183. The number of allylic oxidation sites excluding steroid dienone is 3. The van der Waals surface area contributed by atoms with Crippen molar-refractivity contribution in [3.63, 3.8) is 0 Å². The van der Waals surface area contributed by atoms with Crippen LogP contribution in [0, 0.1) is 5.92 Å². The molecule has 4 rings (SSSR count). The summed E-state index contributed by atoms with van der Waals surface area (Å²) in [5.41, 5.74) is 2.84. The largest absolute Gasteiger partial charge is 0.465 e. The number of hydrogen-bond donors (Lipinski definition) is 1. The summed E-state index contributed by atoms with van der Waals surface area (Å²) in [6.07, 6.45) is 3.52. The predicted molar refractivity (Wildman–Crippen MR) is 133 cm³/mol. The highest BCUT2D eigenvalue weighted by molar-refractivity contribution is 7.10. The van der Waals surface area contributed by atoms with Gasteiger partial charge in [-0.15, -0.1) is 11.3 Å². The molecule has 2 aromatic rings. The number of thiophene rings is 1. The van der Waals surface area contributed by atoms with Crippen LogP contribution in [0.3, 0.4) is 0 Å². The lowest BCUT2D eigenvalue weighted by molar-refractivity contribution is -0.152. The molecule has 0 spiro atoms. The number of ketones is 1. The summed E-state index contributed by atoms with van der Waals surface area (Å²) in [5.74, 6) is -3.40. The molecule has 0 radical (unpaired) electrons. The quantitative estimate of drug-likeness (QED) is 0.422. The molecule has 3 heterocycles. The molecule has 3 atom stereocenters. The number of nitrogens with zero attached hydrogens (tertiary/aromatic N) is 1. The zero-order valence-electron chi connectivity index (χ0n) is 20.2. The summed E-state index contributed by atoms with van der Waals surface area (Å²) in [6, 6.07) is 9.30. The highest BCUT2D eigenvalue weighted by Gasteiger charge is 2.49. The third kappa shape index (κ3) is 4.80. The van der Waals surface area contributed by atoms with Crippen LogP contribution in [0.15, 0.2) is 64.4 Å². The number of aromatic nitrogens is 1.